The summed E-state index contributed by atoms with van der Waals surface area (Å²) in [5, 5.41) is 3.44. The van der Waals surface area contributed by atoms with Gasteiger partial charge in [-0.1, -0.05) is 40.5 Å². The zero-order valence-corrected chi connectivity index (χ0v) is 11.3. The number of hydrogen-bond donors (Lipinski definition) is 2. The molecule has 16 heavy (non-hydrogen) atoms. The second kappa shape index (κ2) is 4.86. The van der Waals surface area contributed by atoms with Crippen LogP contribution in [-0.2, 0) is 0 Å². The smallest absolute Gasteiger partial charge is 0.0398 e. The molecule has 88 valence electrons. The van der Waals surface area contributed by atoms with Gasteiger partial charge in [0.15, 0.2) is 0 Å². The number of benzene rings is 1. The minimum Gasteiger partial charge on any atom is -0.330 e. The maximum absolute atomic E-state index is 5.98. The summed E-state index contributed by atoms with van der Waals surface area (Å²) in [6.45, 7) is 0.764. The molecule has 1 aromatic carbocycles. The quantitative estimate of drug-likeness (QED) is 0.891. The van der Waals surface area contributed by atoms with Crippen LogP contribution < -0.4 is 11.1 Å². The normalized spacial score (nSPS) is 20.2. The standard InChI is InChI=1S/C13H19BrN2/c1-16-12(13(9-15)7-4-8-13)10-5-2-3-6-11(10)14/h2-3,5-6,12,16H,4,7-9,15H2,1H3. The molecule has 0 heterocycles. The average Bonchev–Trinajstić information content (AvgIpc) is 2.25. The Morgan fingerprint density at radius 1 is 1.44 bits per heavy atom. The third-order valence-corrected chi connectivity index (χ3v) is 4.60. The third kappa shape index (κ3) is 1.92. The van der Waals surface area contributed by atoms with E-state index >= 15 is 0 Å². The summed E-state index contributed by atoms with van der Waals surface area (Å²) in [7, 11) is 2.03. The summed E-state index contributed by atoms with van der Waals surface area (Å²) in [6, 6.07) is 8.79. The molecule has 1 unspecified atom stereocenters. The van der Waals surface area contributed by atoms with E-state index in [4.69, 9.17) is 5.73 Å². The van der Waals surface area contributed by atoms with Crippen molar-refractivity contribution in [1.29, 1.82) is 0 Å². The van der Waals surface area contributed by atoms with Crippen molar-refractivity contribution in [3.8, 4) is 0 Å². The van der Waals surface area contributed by atoms with Crippen LogP contribution in [0.5, 0.6) is 0 Å². The lowest BCUT2D eigenvalue weighted by Crippen LogP contribution is -2.47. The first-order valence-electron chi connectivity index (χ1n) is 5.85. The van der Waals surface area contributed by atoms with Crippen LogP contribution in [0.1, 0.15) is 30.9 Å². The first kappa shape index (κ1) is 12.1. The summed E-state index contributed by atoms with van der Waals surface area (Å²) < 4.78 is 1.18. The van der Waals surface area contributed by atoms with Gasteiger partial charge >= 0.3 is 0 Å². The molecular weight excluding hydrogens is 264 g/mol. The fourth-order valence-corrected chi connectivity index (χ4v) is 3.26. The Kier molecular flexibility index (Phi) is 3.67. The van der Waals surface area contributed by atoms with Gasteiger partial charge in [-0.25, -0.2) is 0 Å². The first-order chi connectivity index (χ1) is 7.73. The fourth-order valence-electron chi connectivity index (χ4n) is 2.74. The van der Waals surface area contributed by atoms with E-state index in [1.165, 1.54) is 29.3 Å². The predicted octanol–water partition coefficient (Wildman–Crippen LogP) is 2.84. The lowest BCUT2D eigenvalue weighted by Gasteiger charge is -2.47. The summed E-state index contributed by atoms with van der Waals surface area (Å²) in [5.41, 5.74) is 7.57. The van der Waals surface area contributed by atoms with Crippen LogP contribution in [0.3, 0.4) is 0 Å². The van der Waals surface area contributed by atoms with Gasteiger partial charge in [0.1, 0.15) is 0 Å². The van der Waals surface area contributed by atoms with Crippen molar-refractivity contribution in [2.75, 3.05) is 13.6 Å². The van der Waals surface area contributed by atoms with Gasteiger partial charge in [0.2, 0.25) is 0 Å². The van der Waals surface area contributed by atoms with E-state index in [9.17, 15) is 0 Å². The lowest BCUT2D eigenvalue weighted by molar-refractivity contribution is 0.0876. The number of nitrogens with two attached hydrogens (primary N) is 1. The largest absolute Gasteiger partial charge is 0.330 e. The van der Waals surface area contributed by atoms with Crippen molar-refractivity contribution in [2.45, 2.75) is 25.3 Å². The molecule has 0 amide bonds. The Morgan fingerprint density at radius 2 is 2.12 bits per heavy atom. The SMILES string of the molecule is CNC(c1ccccc1Br)C1(CN)CCC1. The summed E-state index contributed by atoms with van der Waals surface area (Å²) >= 11 is 3.63. The van der Waals surface area contributed by atoms with Crippen LogP contribution in [0.25, 0.3) is 0 Å². The highest BCUT2D eigenvalue weighted by atomic mass is 79.9. The molecule has 0 aliphatic heterocycles. The van der Waals surface area contributed by atoms with Crippen molar-refractivity contribution < 1.29 is 0 Å². The van der Waals surface area contributed by atoms with Crippen LogP contribution in [-0.4, -0.2) is 13.6 Å². The monoisotopic (exact) mass is 282 g/mol. The van der Waals surface area contributed by atoms with Crippen LogP contribution in [0, 0.1) is 5.41 Å². The van der Waals surface area contributed by atoms with Crippen LogP contribution in [0.15, 0.2) is 28.7 Å². The Labute approximate surface area is 106 Å². The minimum atomic E-state index is 0.263. The zero-order chi connectivity index (χ0) is 11.6. The molecule has 1 fully saturated rings. The van der Waals surface area contributed by atoms with E-state index in [-0.39, 0.29) is 5.41 Å². The molecule has 2 rings (SSSR count). The van der Waals surface area contributed by atoms with Crippen molar-refractivity contribution in [1.82, 2.24) is 5.32 Å². The molecule has 1 aliphatic rings. The number of nitrogens with one attached hydrogen (secondary N) is 1. The Morgan fingerprint density at radius 3 is 2.56 bits per heavy atom. The fraction of sp³-hybridized carbons (Fsp3) is 0.538. The molecule has 1 saturated carbocycles. The highest BCUT2D eigenvalue weighted by Crippen LogP contribution is 2.50. The second-order valence-electron chi connectivity index (χ2n) is 4.66. The van der Waals surface area contributed by atoms with Gasteiger partial charge in [0.25, 0.3) is 0 Å². The summed E-state index contributed by atoms with van der Waals surface area (Å²) in [6.07, 6.45) is 3.77. The number of halogens is 1. The molecule has 1 aromatic rings. The molecule has 0 bridgehead atoms. The van der Waals surface area contributed by atoms with Crippen molar-refractivity contribution in [3.05, 3.63) is 34.3 Å². The van der Waals surface area contributed by atoms with Crippen LogP contribution >= 0.6 is 15.9 Å². The van der Waals surface area contributed by atoms with Gasteiger partial charge in [-0.15, -0.1) is 0 Å². The second-order valence-corrected chi connectivity index (χ2v) is 5.52. The van der Waals surface area contributed by atoms with Gasteiger partial charge < -0.3 is 11.1 Å². The van der Waals surface area contributed by atoms with Crippen molar-refractivity contribution >= 4 is 15.9 Å². The Hall–Kier alpha value is -0.380. The summed E-state index contributed by atoms with van der Waals surface area (Å²) in [4.78, 5) is 0. The van der Waals surface area contributed by atoms with Crippen molar-refractivity contribution in [3.63, 3.8) is 0 Å². The molecule has 0 aromatic heterocycles. The highest BCUT2D eigenvalue weighted by molar-refractivity contribution is 9.10. The first-order valence-corrected chi connectivity index (χ1v) is 6.64. The molecular formula is C13H19BrN2. The van der Waals surface area contributed by atoms with Gasteiger partial charge in [-0.3, -0.25) is 0 Å². The van der Waals surface area contributed by atoms with Gasteiger partial charge in [-0.2, -0.15) is 0 Å². The molecule has 1 aliphatic carbocycles. The maximum atomic E-state index is 5.98. The molecule has 2 nitrogen and oxygen atoms in total. The van der Waals surface area contributed by atoms with E-state index in [0.29, 0.717) is 6.04 Å². The van der Waals surface area contributed by atoms with Gasteiger partial charge in [-0.05, 0) is 38.1 Å². The minimum absolute atomic E-state index is 0.263. The zero-order valence-electron chi connectivity index (χ0n) is 9.67. The van der Waals surface area contributed by atoms with Gasteiger partial charge in [0, 0.05) is 15.9 Å². The van der Waals surface area contributed by atoms with E-state index in [1.807, 2.05) is 7.05 Å². The lowest BCUT2D eigenvalue weighted by atomic mass is 9.62. The highest BCUT2D eigenvalue weighted by Gasteiger charge is 2.43. The topological polar surface area (TPSA) is 38.0 Å². The van der Waals surface area contributed by atoms with E-state index in [1.54, 1.807) is 0 Å². The Bertz CT molecular complexity index is 355. The van der Waals surface area contributed by atoms with Crippen LogP contribution in [0.2, 0.25) is 0 Å². The number of hydrogen-bond acceptors (Lipinski definition) is 2. The van der Waals surface area contributed by atoms with E-state index in [2.05, 4.69) is 45.5 Å². The number of rotatable bonds is 4. The predicted molar refractivity (Wildman–Crippen MR) is 71.3 cm³/mol. The van der Waals surface area contributed by atoms with Gasteiger partial charge in [0.05, 0.1) is 0 Å². The van der Waals surface area contributed by atoms with Crippen LogP contribution in [0.4, 0.5) is 0 Å². The molecule has 3 heteroatoms. The molecule has 0 saturated heterocycles. The van der Waals surface area contributed by atoms with Crippen molar-refractivity contribution in [2.24, 2.45) is 11.1 Å². The van der Waals surface area contributed by atoms with E-state index in [0.717, 1.165) is 6.54 Å². The molecule has 1 atom stereocenters. The average molecular weight is 283 g/mol. The van der Waals surface area contributed by atoms with E-state index < -0.39 is 0 Å². The Balaban J connectivity index is 2.32. The molecule has 0 radical (unpaired) electrons. The third-order valence-electron chi connectivity index (χ3n) is 3.87. The summed E-state index contributed by atoms with van der Waals surface area (Å²) in [5.74, 6) is 0. The molecule has 3 N–H and O–H groups in total. The molecule has 0 spiro atoms. The maximum Gasteiger partial charge on any atom is 0.0398 e.